The lowest BCUT2D eigenvalue weighted by Crippen LogP contribution is -2.08. The normalized spacial score (nSPS) is 31.6. The number of aliphatic carboxylic acids is 1. The Labute approximate surface area is 88.8 Å². The number of rotatable bonds is 1. The van der Waals surface area contributed by atoms with E-state index in [0.717, 1.165) is 15.8 Å². The lowest BCUT2D eigenvalue weighted by atomic mass is 10.1. The Kier molecular flexibility index (Phi) is 1.49. The maximum absolute atomic E-state index is 10.8. The molecule has 0 unspecified atom stereocenters. The molecule has 1 fully saturated rings. The van der Waals surface area contributed by atoms with Crippen LogP contribution in [0.4, 0.5) is 0 Å². The summed E-state index contributed by atoms with van der Waals surface area (Å²) >= 11 is 3.38. The summed E-state index contributed by atoms with van der Waals surface area (Å²) in [6.07, 6.45) is -0.138. The van der Waals surface area contributed by atoms with E-state index >= 15 is 0 Å². The zero-order valence-electron chi connectivity index (χ0n) is 7.11. The number of para-hydroxylation sites is 1. The standard InChI is InChI=1S/C10H7BrO3/c11-5-3-1-2-4-6-7(10(12)13)9(6)14-8(4)5/h1-3,6-7,9H,(H,12,13)/t6-,7-,9-/m1/s1. The van der Waals surface area contributed by atoms with E-state index in [-0.39, 0.29) is 17.9 Å². The molecular formula is C10H7BrO3. The van der Waals surface area contributed by atoms with Gasteiger partial charge in [0, 0.05) is 11.5 Å². The summed E-state index contributed by atoms with van der Waals surface area (Å²) in [6, 6.07) is 5.75. The molecule has 4 heteroatoms. The molecule has 0 aromatic heterocycles. The van der Waals surface area contributed by atoms with Gasteiger partial charge in [0.15, 0.2) is 0 Å². The van der Waals surface area contributed by atoms with Gasteiger partial charge >= 0.3 is 5.97 Å². The Hall–Kier alpha value is -1.03. The van der Waals surface area contributed by atoms with E-state index in [9.17, 15) is 4.79 Å². The van der Waals surface area contributed by atoms with Gasteiger partial charge in [-0.25, -0.2) is 0 Å². The van der Waals surface area contributed by atoms with Crippen LogP contribution < -0.4 is 4.74 Å². The lowest BCUT2D eigenvalue weighted by molar-refractivity contribution is -0.139. The van der Waals surface area contributed by atoms with Gasteiger partial charge in [0.25, 0.3) is 0 Å². The van der Waals surface area contributed by atoms with Crippen molar-refractivity contribution >= 4 is 21.9 Å². The van der Waals surface area contributed by atoms with Crippen LogP contribution in [0.1, 0.15) is 11.5 Å². The van der Waals surface area contributed by atoms with Crippen LogP contribution >= 0.6 is 15.9 Å². The minimum absolute atomic E-state index is 0.0694. The summed E-state index contributed by atoms with van der Waals surface area (Å²) in [6.45, 7) is 0. The van der Waals surface area contributed by atoms with Gasteiger partial charge in [-0.15, -0.1) is 0 Å². The zero-order valence-corrected chi connectivity index (χ0v) is 8.69. The van der Waals surface area contributed by atoms with Crippen LogP contribution in [-0.2, 0) is 4.79 Å². The third kappa shape index (κ3) is 0.892. The van der Waals surface area contributed by atoms with Crippen LogP contribution in [-0.4, -0.2) is 17.2 Å². The van der Waals surface area contributed by atoms with Gasteiger partial charge in [0.1, 0.15) is 17.8 Å². The fourth-order valence-corrected chi connectivity index (χ4v) is 2.62. The largest absolute Gasteiger partial charge is 0.487 e. The van der Waals surface area contributed by atoms with E-state index in [1.54, 1.807) is 0 Å². The summed E-state index contributed by atoms with van der Waals surface area (Å²) in [7, 11) is 0. The molecule has 14 heavy (non-hydrogen) atoms. The topological polar surface area (TPSA) is 46.5 Å². The maximum atomic E-state index is 10.8. The fourth-order valence-electron chi connectivity index (χ4n) is 2.14. The molecule has 3 rings (SSSR count). The molecule has 1 heterocycles. The number of fused-ring (bicyclic) bond motifs is 3. The third-order valence-electron chi connectivity index (χ3n) is 2.85. The molecule has 1 aromatic rings. The summed E-state index contributed by atoms with van der Waals surface area (Å²) in [5.41, 5.74) is 1.02. The monoisotopic (exact) mass is 254 g/mol. The summed E-state index contributed by atoms with van der Waals surface area (Å²) in [4.78, 5) is 10.8. The smallest absolute Gasteiger partial charge is 0.311 e. The van der Waals surface area contributed by atoms with Gasteiger partial charge in [0.2, 0.25) is 0 Å². The molecule has 72 valence electrons. The molecule has 1 aliphatic carbocycles. The van der Waals surface area contributed by atoms with Gasteiger partial charge in [-0.1, -0.05) is 12.1 Å². The minimum atomic E-state index is -0.759. The third-order valence-corrected chi connectivity index (χ3v) is 3.47. The van der Waals surface area contributed by atoms with Crippen molar-refractivity contribution in [1.82, 2.24) is 0 Å². The highest BCUT2D eigenvalue weighted by Crippen LogP contribution is 2.59. The van der Waals surface area contributed by atoms with Crippen molar-refractivity contribution in [1.29, 1.82) is 0 Å². The average Bonchev–Trinajstić information content (AvgIpc) is 2.73. The summed E-state index contributed by atoms with van der Waals surface area (Å²) in [5, 5.41) is 8.86. The van der Waals surface area contributed by atoms with Crippen LogP contribution in [0.25, 0.3) is 0 Å². The molecule has 2 aliphatic rings. The van der Waals surface area contributed by atoms with E-state index in [0.29, 0.717) is 0 Å². The Balaban J connectivity index is 2.03. The van der Waals surface area contributed by atoms with Crippen LogP contribution in [0, 0.1) is 5.92 Å². The van der Waals surface area contributed by atoms with Crippen molar-refractivity contribution in [2.75, 3.05) is 0 Å². The SMILES string of the molecule is O=C(O)[C@H]1[C@@H]2Oc3c(Br)cccc3[C@@H]21. The maximum Gasteiger partial charge on any atom is 0.311 e. The van der Waals surface area contributed by atoms with Gasteiger partial charge in [-0.3, -0.25) is 4.79 Å². The van der Waals surface area contributed by atoms with E-state index < -0.39 is 5.97 Å². The molecule has 0 radical (unpaired) electrons. The highest BCUT2D eigenvalue weighted by Gasteiger charge is 2.63. The number of carbonyl (C=O) groups is 1. The van der Waals surface area contributed by atoms with E-state index in [4.69, 9.17) is 9.84 Å². The molecule has 3 atom stereocenters. The van der Waals surface area contributed by atoms with Crippen molar-refractivity contribution in [3.63, 3.8) is 0 Å². The van der Waals surface area contributed by atoms with Gasteiger partial charge in [-0.05, 0) is 22.0 Å². The number of carboxylic acids is 1. The number of halogens is 1. The Morgan fingerprint density at radius 1 is 1.50 bits per heavy atom. The van der Waals surface area contributed by atoms with Crippen molar-refractivity contribution in [2.45, 2.75) is 12.0 Å². The molecule has 1 N–H and O–H groups in total. The molecule has 0 spiro atoms. The van der Waals surface area contributed by atoms with Crippen molar-refractivity contribution < 1.29 is 14.6 Å². The van der Waals surface area contributed by atoms with E-state index in [1.165, 1.54) is 0 Å². The number of benzene rings is 1. The molecule has 3 nitrogen and oxygen atoms in total. The molecule has 0 saturated heterocycles. The first kappa shape index (κ1) is 8.29. The first-order valence-electron chi connectivity index (χ1n) is 4.38. The molecule has 0 bridgehead atoms. The second-order valence-electron chi connectivity index (χ2n) is 3.63. The lowest BCUT2D eigenvalue weighted by Gasteiger charge is -2.07. The Morgan fingerprint density at radius 2 is 2.29 bits per heavy atom. The predicted molar refractivity (Wildman–Crippen MR) is 52.4 cm³/mol. The quantitative estimate of drug-likeness (QED) is 0.834. The second kappa shape index (κ2) is 2.51. The van der Waals surface area contributed by atoms with Crippen molar-refractivity contribution in [2.24, 2.45) is 5.92 Å². The first-order chi connectivity index (χ1) is 6.70. The number of hydrogen-bond donors (Lipinski definition) is 1. The van der Waals surface area contributed by atoms with Gasteiger partial charge in [0.05, 0.1) is 4.47 Å². The molecule has 0 amide bonds. The zero-order chi connectivity index (χ0) is 9.87. The van der Waals surface area contributed by atoms with Gasteiger partial charge in [-0.2, -0.15) is 0 Å². The van der Waals surface area contributed by atoms with Crippen molar-refractivity contribution in [3.8, 4) is 5.75 Å². The van der Waals surface area contributed by atoms with E-state index in [2.05, 4.69) is 15.9 Å². The second-order valence-corrected chi connectivity index (χ2v) is 4.48. The summed E-state index contributed by atoms with van der Waals surface area (Å²) in [5.74, 6) is -0.206. The summed E-state index contributed by atoms with van der Waals surface area (Å²) < 4.78 is 6.47. The predicted octanol–water partition coefficient (Wildman–Crippen LogP) is 2.01. The number of hydrogen-bond acceptors (Lipinski definition) is 2. The first-order valence-corrected chi connectivity index (χ1v) is 5.17. The van der Waals surface area contributed by atoms with E-state index in [1.807, 2.05) is 18.2 Å². The highest BCUT2D eigenvalue weighted by atomic mass is 79.9. The molecular weight excluding hydrogens is 248 g/mol. The average molecular weight is 255 g/mol. The fraction of sp³-hybridized carbons (Fsp3) is 0.300. The highest BCUT2D eigenvalue weighted by molar-refractivity contribution is 9.10. The Morgan fingerprint density at radius 3 is 3.00 bits per heavy atom. The van der Waals surface area contributed by atoms with Crippen LogP contribution in [0.2, 0.25) is 0 Å². The molecule has 1 aromatic carbocycles. The Bertz CT molecular complexity index is 429. The molecule has 1 saturated carbocycles. The van der Waals surface area contributed by atoms with Crippen LogP contribution in [0.3, 0.4) is 0 Å². The number of ether oxygens (including phenoxy) is 1. The van der Waals surface area contributed by atoms with Crippen LogP contribution in [0.15, 0.2) is 22.7 Å². The molecule has 1 aliphatic heterocycles. The van der Waals surface area contributed by atoms with Gasteiger partial charge < -0.3 is 9.84 Å². The van der Waals surface area contributed by atoms with Crippen molar-refractivity contribution in [3.05, 3.63) is 28.2 Å². The minimum Gasteiger partial charge on any atom is -0.487 e. The number of carboxylic acid groups (broad SMARTS) is 1. The van der Waals surface area contributed by atoms with Crippen LogP contribution in [0.5, 0.6) is 5.75 Å².